The molecular formula is C23H24FN3O5S. The number of nitrogens with one attached hydrogen (secondary N) is 1. The number of carbonyl (C=O) groups is 1. The molecule has 1 aromatic heterocycles. The van der Waals surface area contributed by atoms with Crippen LogP contribution in [0, 0.1) is 5.82 Å². The fourth-order valence-electron chi connectivity index (χ4n) is 3.42. The average molecular weight is 474 g/mol. The van der Waals surface area contributed by atoms with Crippen molar-refractivity contribution in [1.82, 2.24) is 14.2 Å². The zero-order chi connectivity index (χ0) is 23.4. The minimum absolute atomic E-state index is 0.0827. The summed E-state index contributed by atoms with van der Waals surface area (Å²) in [5, 5.41) is 2.81. The van der Waals surface area contributed by atoms with Gasteiger partial charge in [-0.1, -0.05) is 12.1 Å². The number of nitrogens with zero attached hydrogens (tertiary/aromatic N) is 2. The molecule has 2 aromatic carbocycles. The number of aromatic nitrogens is 1. The molecule has 0 atom stereocenters. The molecular weight excluding hydrogens is 449 g/mol. The lowest BCUT2D eigenvalue weighted by molar-refractivity contribution is 0.0730. The molecule has 0 unspecified atom stereocenters. The van der Waals surface area contributed by atoms with Crippen LogP contribution < -0.4 is 10.1 Å². The van der Waals surface area contributed by atoms with Crippen LogP contribution in [0.4, 0.5) is 4.39 Å². The van der Waals surface area contributed by atoms with Gasteiger partial charge >= 0.3 is 0 Å². The molecule has 1 aliphatic heterocycles. The number of hydrogen-bond acceptors (Lipinski definition) is 5. The van der Waals surface area contributed by atoms with Gasteiger partial charge < -0.3 is 19.4 Å². The molecule has 8 nitrogen and oxygen atoms in total. The number of aryl methyl sites for hydroxylation is 1. The summed E-state index contributed by atoms with van der Waals surface area (Å²) in [6, 6.07) is 14.2. The van der Waals surface area contributed by atoms with Crippen molar-refractivity contribution < 1.29 is 27.1 Å². The van der Waals surface area contributed by atoms with E-state index >= 15 is 0 Å². The number of halogens is 1. The first-order valence-corrected chi connectivity index (χ1v) is 11.8. The number of benzene rings is 2. The second-order valence-electron chi connectivity index (χ2n) is 7.57. The predicted molar refractivity (Wildman–Crippen MR) is 119 cm³/mol. The number of carbonyl (C=O) groups excluding carboxylic acids is 1. The molecule has 1 aliphatic rings. The van der Waals surface area contributed by atoms with E-state index in [1.54, 1.807) is 31.3 Å². The van der Waals surface area contributed by atoms with Gasteiger partial charge in [-0.25, -0.2) is 12.8 Å². The normalized spacial score (nSPS) is 14.7. The summed E-state index contributed by atoms with van der Waals surface area (Å²) < 4.78 is 52.4. The minimum Gasteiger partial charge on any atom is -0.457 e. The van der Waals surface area contributed by atoms with Gasteiger partial charge in [0.05, 0.1) is 13.2 Å². The Hall–Kier alpha value is -3.21. The quantitative estimate of drug-likeness (QED) is 0.570. The summed E-state index contributed by atoms with van der Waals surface area (Å²) in [6.07, 6.45) is 1.45. The van der Waals surface area contributed by atoms with Gasteiger partial charge in [-0.05, 0) is 48.0 Å². The van der Waals surface area contributed by atoms with E-state index in [4.69, 9.17) is 9.47 Å². The van der Waals surface area contributed by atoms with Crippen LogP contribution in [0.25, 0.3) is 0 Å². The maximum absolute atomic E-state index is 13.0. The molecule has 0 radical (unpaired) electrons. The number of ether oxygens (including phenoxy) is 2. The van der Waals surface area contributed by atoms with E-state index in [0.717, 1.165) is 5.56 Å². The van der Waals surface area contributed by atoms with Crippen molar-refractivity contribution in [2.24, 2.45) is 7.05 Å². The second kappa shape index (κ2) is 9.74. The number of rotatable bonds is 7. The first kappa shape index (κ1) is 23.0. The van der Waals surface area contributed by atoms with Gasteiger partial charge in [0.25, 0.3) is 5.91 Å². The SMILES string of the molecule is Cn1cc(S(=O)(=O)N2CCOCC2)cc1C(=O)NCc1ccc(Oc2ccc(F)cc2)cc1. The zero-order valence-electron chi connectivity index (χ0n) is 18.0. The molecule has 4 rings (SSSR count). The van der Waals surface area contributed by atoms with Crippen LogP contribution in [0.1, 0.15) is 16.1 Å². The zero-order valence-corrected chi connectivity index (χ0v) is 18.8. The van der Waals surface area contributed by atoms with Crippen LogP contribution in [0.3, 0.4) is 0 Å². The summed E-state index contributed by atoms with van der Waals surface area (Å²) in [5.41, 5.74) is 1.09. The minimum atomic E-state index is -3.68. The molecule has 1 amide bonds. The first-order valence-electron chi connectivity index (χ1n) is 10.4. The average Bonchev–Trinajstić information content (AvgIpc) is 3.23. The molecule has 33 heavy (non-hydrogen) atoms. The van der Waals surface area contributed by atoms with E-state index in [-0.39, 0.29) is 28.9 Å². The molecule has 3 aromatic rings. The molecule has 0 spiro atoms. The summed E-state index contributed by atoms with van der Waals surface area (Å²) in [4.78, 5) is 12.8. The Morgan fingerprint density at radius 3 is 2.30 bits per heavy atom. The molecule has 1 fully saturated rings. The lowest BCUT2D eigenvalue weighted by Crippen LogP contribution is -2.40. The van der Waals surface area contributed by atoms with Gasteiger partial charge in [-0.15, -0.1) is 0 Å². The topological polar surface area (TPSA) is 89.9 Å². The number of amides is 1. The highest BCUT2D eigenvalue weighted by Crippen LogP contribution is 2.22. The number of morpholine rings is 1. The molecule has 174 valence electrons. The van der Waals surface area contributed by atoms with Crippen molar-refractivity contribution in [1.29, 1.82) is 0 Å². The van der Waals surface area contributed by atoms with Crippen molar-refractivity contribution in [3.63, 3.8) is 0 Å². The summed E-state index contributed by atoms with van der Waals surface area (Å²) in [5.74, 6) is 0.381. The standard InChI is InChI=1S/C23H24FN3O5S/c1-26-16-21(33(29,30)27-10-12-31-13-11-27)14-22(26)23(28)25-15-17-2-6-19(7-3-17)32-20-8-4-18(24)5-9-20/h2-9,14,16H,10-13,15H2,1H3,(H,25,28). The summed E-state index contributed by atoms with van der Waals surface area (Å²) in [6.45, 7) is 1.55. The fraction of sp³-hybridized carbons (Fsp3) is 0.261. The fourth-order valence-corrected chi connectivity index (χ4v) is 4.90. The molecule has 0 aliphatic carbocycles. The maximum atomic E-state index is 13.0. The third kappa shape index (κ3) is 5.41. The van der Waals surface area contributed by atoms with Crippen molar-refractivity contribution >= 4 is 15.9 Å². The first-order chi connectivity index (χ1) is 15.8. The third-order valence-electron chi connectivity index (χ3n) is 5.25. The highest BCUT2D eigenvalue weighted by molar-refractivity contribution is 7.89. The second-order valence-corrected chi connectivity index (χ2v) is 9.51. The molecule has 10 heteroatoms. The number of hydrogen-bond donors (Lipinski definition) is 1. The van der Waals surface area contributed by atoms with Gasteiger partial charge in [-0.2, -0.15) is 4.31 Å². The van der Waals surface area contributed by atoms with E-state index in [1.165, 1.54) is 45.4 Å². The Labute approximate surface area is 191 Å². The Balaban J connectivity index is 1.37. The Kier molecular flexibility index (Phi) is 6.77. The highest BCUT2D eigenvalue weighted by Gasteiger charge is 2.28. The van der Waals surface area contributed by atoms with E-state index in [0.29, 0.717) is 37.8 Å². The molecule has 1 saturated heterocycles. The van der Waals surface area contributed by atoms with Crippen LogP contribution in [0.15, 0.2) is 65.7 Å². The van der Waals surface area contributed by atoms with Crippen molar-refractivity contribution in [3.8, 4) is 11.5 Å². The largest absolute Gasteiger partial charge is 0.457 e. The van der Waals surface area contributed by atoms with E-state index in [2.05, 4.69) is 5.32 Å². The smallest absolute Gasteiger partial charge is 0.268 e. The third-order valence-corrected chi connectivity index (χ3v) is 7.11. The van der Waals surface area contributed by atoms with Gasteiger partial charge in [0.2, 0.25) is 10.0 Å². The molecule has 2 heterocycles. The van der Waals surface area contributed by atoms with Gasteiger partial charge in [0.1, 0.15) is 27.9 Å². The molecule has 0 saturated carbocycles. The monoisotopic (exact) mass is 473 g/mol. The van der Waals surface area contributed by atoms with Crippen molar-refractivity contribution in [2.75, 3.05) is 26.3 Å². The van der Waals surface area contributed by atoms with Gasteiger partial charge in [0.15, 0.2) is 0 Å². The lowest BCUT2D eigenvalue weighted by Gasteiger charge is -2.25. The summed E-state index contributed by atoms with van der Waals surface area (Å²) >= 11 is 0. The molecule has 1 N–H and O–H groups in total. The summed E-state index contributed by atoms with van der Waals surface area (Å²) in [7, 11) is -2.05. The molecule has 0 bridgehead atoms. The van der Waals surface area contributed by atoms with Crippen molar-refractivity contribution in [2.45, 2.75) is 11.4 Å². The number of sulfonamides is 1. The Morgan fingerprint density at radius 1 is 1.06 bits per heavy atom. The van der Waals surface area contributed by atoms with Gasteiger partial charge in [0, 0.05) is 32.9 Å². The Morgan fingerprint density at radius 2 is 1.67 bits per heavy atom. The van der Waals surface area contributed by atoms with Crippen LogP contribution >= 0.6 is 0 Å². The lowest BCUT2D eigenvalue weighted by atomic mass is 10.2. The van der Waals surface area contributed by atoms with E-state index < -0.39 is 10.0 Å². The van der Waals surface area contributed by atoms with Crippen LogP contribution in [-0.4, -0.2) is 49.5 Å². The van der Waals surface area contributed by atoms with Crippen LogP contribution in [-0.2, 0) is 28.4 Å². The van der Waals surface area contributed by atoms with Crippen molar-refractivity contribution in [3.05, 3.63) is 77.9 Å². The highest BCUT2D eigenvalue weighted by atomic mass is 32.2. The Bertz CT molecular complexity index is 1220. The van der Waals surface area contributed by atoms with E-state index in [1.807, 2.05) is 0 Å². The van der Waals surface area contributed by atoms with Crippen LogP contribution in [0.5, 0.6) is 11.5 Å². The van der Waals surface area contributed by atoms with Crippen LogP contribution in [0.2, 0.25) is 0 Å². The van der Waals surface area contributed by atoms with Gasteiger partial charge in [-0.3, -0.25) is 4.79 Å². The van der Waals surface area contributed by atoms with E-state index in [9.17, 15) is 17.6 Å². The maximum Gasteiger partial charge on any atom is 0.268 e. The predicted octanol–water partition coefficient (Wildman–Crippen LogP) is 2.91.